The molecule has 0 aromatic carbocycles. The number of ether oxygens (including phenoxy) is 1. The van der Waals surface area contributed by atoms with E-state index in [1.54, 1.807) is 0 Å². The Hall–Kier alpha value is -0.0800. The summed E-state index contributed by atoms with van der Waals surface area (Å²) in [6.45, 7) is 0.959. The number of hydrogen-bond donors (Lipinski definition) is 1. The lowest BCUT2D eigenvalue weighted by Crippen LogP contribution is -2.35. The van der Waals surface area contributed by atoms with E-state index in [1.807, 2.05) is 0 Å². The fraction of sp³-hybridized carbons (Fsp3) is 1.00. The Labute approximate surface area is 55.4 Å². The van der Waals surface area contributed by atoms with E-state index < -0.39 is 0 Å². The zero-order chi connectivity index (χ0) is 6.32. The predicted molar refractivity (Wildman–Crippen MR) is 35.1 cm³/mol. The monoisotopic (exact) mass is 127 g/mol. The van der Waals surface area contributed by atoms with Crippen molar-refractivity contribution >= 4 is 0 Å². The maximum absolute atomic E-state index is 5.88. The molecule has 0 bridgehead atoms. The van der Waals surface area contributed by atoms with Gasteiger partial charge in [0.25, 0.3) is 0 Å². The van der Waals surface area contributed by atoms with Gasteiger partial charge in [0.1, 0.15) is 0 Å². The molecule has 2 fully saturated rings. The van der Waals surface area contributed by atoms with Gasteiger partial charge in [0.05, 0.1) is 6.10 Å². The highest BCUT2D eigenvalue weighted by atomic mass is 16.5. The predicted octanol–water partition coefficient (Wildman–Crippen LogP) is 0.657. The molecule has 1 saturated carbocycles. The van der Waals surface area contributed by atoms with Gasteiger partial charge in [-0.05, 0) is 25.7 Å². The van der Waals surface area contributed by atoms with Crippen LogP contribution in [0.1, 0.15) is 25.7 Å². The molecule has 1 atom stereocenters. The highest BCUT2D eigenvalue weighted by Crippen LogP contribution is 2.39. The van der Waals surface area contributed by atoms with Crippen LogP contribution in [-0.2, 0) is 4.74 Å². The fourth-order valence-electron chi connectivity index (χ4n) is 1.26. The highest BCUT2D eigenvalue weighted by Gasteiger charge is 2.41. The molecule has 0 radical (unpaired) electrons. The summed E-state index contributed by atoms with van der Waals surface area (Å²) in [5.41, 5.74) is 6.08. The Kier molecular flexibility index (Phi) is 1.08. The van der Waals surface area contributed by atoms with Gasteiger partial charge in [-0.1, -0.05) is 0 Å². The molecule has 1 aliphatic carbocycles. The molecular formula is C7H13NO. The summed E-state index contributed by atoms with van der Waals surface area (Å²) in [4.78, 5) is 0. The molecule has 2 rings (SSSR count). The summed E-state index contributed by atoms with van der Waals surface area (Å²) in [6.07, 6.45) is 5.28. The van der Waals surface area contributed by atoms with Crippen LogP contribution in [0.15, 0.2) is 0 Å². The number of nitrogens with two attached hydrogens (primary N) is 1. The quantitative estimate of drug-likeness (QED) is 0.591. The lowest BCUT2D eigenvalue weighted by atomic mass is 10.0. The minimum Gasteiger partial charge on any atom is -0.378 e. The zero-order valence-corrected chi connectivity index (χ0v) is 5.60. The van der Waals surface area contributed by atoms with Crippen LogP contribution in [0.5, 0.6) is 0 Å². The first-order valence-corrected chi connectivity index (χ1v) is 3.69. The molecule has 1 unspecified atom stereocenters. The summed E-state index contributed by atoms with van der Waals surface area (Å²) < 4.78 is 5.27. The largest absolute Gasteiger partial charge is 0.378 e. The van der Waals surface area contributed by atoms with Crippen LogP contribution in [0.25, 0.3) is 0 Å². The van der Waals surface area contributed by atoms with Crippen molar-refractivity contribution in [1.82, 2.24) is 0 Å². The van der Waals surface area contributed by atoms with E-state index in [0.717, 1.165) is 13.0 Å². The second-order valence-corrected chi connectivity index (χ2v) is 3.35. The molecule has 2 aliphatic rings. The molecule has 2 nitrogen and oxygen atoms in total. The van der Waals surface area contributed by atoms with Crippen molar-refractivity contribution in [3.05, 3.63) is 0 Å². The average molecular weight is 127 g/mol. The average Bonchev–Trinajstić information content (AvgIpc) is 2.39. The topological polar surface area (TPSA) is 35.2 Å². The summed E-state index contributed by atoms with van der Waals surface area (Å²) in [7, 11) is 0. The maximum Gasteiger partial charge on any atom is 0.0614 e. The van der Waals surface area contributed by atoms with E-state index in [-0.39, 0.29) is 5.54 Å². The van der Waals surface area contributed by atoms with Gasteiger partial charge in [0.2, 0.25) is 0 Å². The third-order valence-electron chi connectivity index (χ3n) is 2.32. The molecule has 9 heavy (non-hydrogen) atoms. The van der Waals surface area contributed by atoms with Crippen LogP contribution in [0.4, 0.5) is 0 Å². The van der Waals surface area contributed by atoms with E-state index in [2.05, 4.69) is 0 Å². The highest BCUT2D eigenvalue weighted by molar-refractivity contribution is 5.00. The van der Waals surface area contributed by atoms with E-state index in [9.17, 15) is 0 Å². The van der Waals surface area contributed by atoms with Crippen LogP contribution in [0.2, 0.25) is 0 Å². The summed E-state index contributed by atoms with van der Waals surface area (Å²) >= 11 is 0. The minimum absolute atomic E-state index is 0.199. The Morgan fingerprint density at radius 3 is 2.56 bits per heavy atom. The minimum atomic E-state index is 0.199. The van der Waals surface area contributed by atoms with Gasteiger partial charge in [0, 0.05) is 12.1 Å². The normalized spacial score (nSPS) is 37.7. The summed E-state index contributed by atoms with van der Waals surface area (Å²) in [6, 6.07) is 0. The molecular weight excluding hydrogens is 114 g/mol. The molecule has 0 spiro atoms. The molecule has 2 N–H and O–H groups in total. The van der Waals surface area contributed by atoms with Gasteiger partial charge < -0.3 is 10.5 Å². The molecule has 0 amide bonds. The maximum atomic E-state index is 5.88. The second-order valence-electron chi connectivity index (χ2n) is 3.35. The van der Waals surface area contributed by atoms with Crippen molar-refractivity contribution in [2.45, 2.75) is 37.3 Å². The van der Waals surface area contributed by atoms with Gasteiger partial charge in [-0.3, -0.25) is 0 Å². The molecule has 1 saturated heterocycles. The molecule has 0 aromatic heterocycles. The van der Waals surface area contributed by atoms with Crippen molar-refractivity contribution in [2.24, 2.45) is 5.73 Å². The van der Waals surface area contributed by atoms with Crippen LogP contribution in [-0.4, -0.2) is 18.2 Å². The van der Waals surface area contributed by atoms with E-state index in [4.69, 9.17) is 10.5 Å². The van der Waals surface area contributed by atoms with Crippen molar-refractivity contribution < 1.29 is 4.74 Å². The van der Waals surface area contributed by atoms with E-state index in [1.165, 1.54) is 19.3 Å². The molecule has 52 valence electrons. The molecule has 2 heteroatoms. The standard InChI is InChI=1S/C7H13NO/c8-7(2-3-7)5-6-1-4-9-6/h6H,1-5,8H2. The number of hydrogen-bond acceptors (Lipinski definition) is 2. The van der Waals surface area contributed by atoms with Crippen LogP contribution < -0.4 is 5.73 Å². The van der Waals surface area contributed by atoms with Crippen molar-refractivity contribution in [1.29, 1.82) is 0 Å². The van der Waals surface area contributed by atoms with Crippen molar-refractivity contribution in [3.8, 4) is 0 Å². The molecule has 1 heterocycles. The lowest BCUT2D eigenvalue weighted by molar-refractivity contribution is -0.0591. The number of rotatable bonds is 2. The third kappa shape index (κ3) is 1.10. The van der Waals surface area contributed by atoms with Gasteiger partial charge in [-0.15, -0.1) is 0 Å². The molecule has 1 aliphatic heterocycles. The van der Waals surface area contributed by atoms with Gasteiger partial charge in [-0.2, -0.15) is 0 Å². The van der Waals surface area contributed by atoms with E-state index >= 15 is 0 Å². The van der Waals surface area contributed by atoms with Gasteiger partial charge in [0.15, 0.2) is 0 Å². The van der Waals surface area contributed by atoms with Crippen molar-refractivity contribution in [2.75, 3.05) is 6.61 Å². The van der Waals surface area contributed by atoms with Crippen LogP contribution >= 0.6 is 0 Å². The Morgan fingerprint density at radius 1 is 1.56 bits per heavy atom. The van der Waals surface area contributed by atoms with Crippen LogP contribution in [0, 0.1) is 0 Å². The first kappa shape index (κ1) is 5.69. The van der Waals surface area contributed by atoms with Crippen molar-refractivity contribution in [3.63, 3.8) is 0 Å². The first-order valence-electron chi connectivity index (χ1n) is 3.69. The first-order chi connectivity index (χ1) is 4.29. The van der Waals surface area contributed by atoms with Gasteiger partial charge >= 0.3 is 0 Å². The summed E-state index contributed by atoms with van der Waals surface area (Å²) in [5.74, 6) is 0. The smallest absolute Gasteiger partial charge is 0.0614 e. The third-order valence-corrected chi connectivity index (χ3v) is 2.32. The second kappa shape index (κ2) is 1.70. The fourth-order valence-corrected chi connectivity index (χ4v) is 1.26. The SMILES string of the molecule is NC1(CC2CCO2)CC1. The Bertz CT molecular complexity index is 116. The molecule has 0 aromatic rings. The Balaban J connectivity index is 1.76. The Morgan fingerprint density at radius 2 is 2.22 bits per heavy atom. The van der Waals surface area contributed by atoms with Gasteiger partial charge in [-0.25, -0.2) is 0 Å². The van der Waals surface area contributed by atoms with E-state index in [0.29, 0.717) is 6.10 Å². The zero-order valence-electron chi connectivity index (χ0n) is 5.60. The summed E-state index contributed by atoms with van der Waals surface area (Å²) in [5, 5.41) is 0. The lowest BCUT2D eigenvalue weighted by Gasteiger charge is -2.28. The van der Waals surface area contributed by atoms with Crippen LogP contribution in [0.3, 0.4) is 0 Å².